The van der Waals surface area contributed by atoms with Crippen LogP contribution in [0.4, 0.5) is 0 Å². The molecule has 0 aromatic heterocycles. The number of primary amides is 2. The van der Waals surface area contributed by atoms with E-state index in [1.54, 1.807) is 38.1 Å². The molecule has 1 aromatic carbocycles. The Kier molecular flexibility index (Phi) is 23.0. The lowest BCUT2D eigenvalue weighted by Crippen LogP contribution is -2.63. The van der Waals surface area contributed by atoms with Crippen molar-refractivity contribution < 1.29 is 53.0 Å². The summed E-state index contributed by atoms with van der Waals surface area (Å²) in [5.41, 5.74) is 16.9. The van der Waals surface area contributed by atoms with Crippen molar-refractivity contribution in [2.75, 3.05) is 31.2 Å². The molecule has 1 aliphatic heterocycles. The highest BCUT2D eigenvalue weighted by molar-refractivity contribution is 8.76. The molecule has 0 bridgehead atoms. The topological polar surface area (TPSA) is 345 Å². The van der Waals surface area contributed by atoms with Crippen LogP contribution in [-0.2, 0) is 49.6 Å². The summed E-state index contributed by atoms with van der Waals surface area (Å²) < 4.78 is 5.51. The molecule has 1 aliphatic rings. The van der Waals surface area contributed by atoms with E-state index < -0.39 is 114 Å². The second-order valence-electron chi connectivity index (χ2n) is 14.3. The Morgan fingerprint density at radius 1 is 0.852 bits per heavy atom. The molecule has 0 saturated carbocycles. The van der Waals surface area contributed by atoms with Gasteiger partial charge in [0.1, 0.15) is 42.0 Å². The number of nitrogens with one attached hydrogen (secondary N) is 7. The fourth-order valence-electron chi connectivity index (χ4n) is 5.80. The lowest BCUT2D eigenvalue weighted by Gasteiger charge is -2.30. The van der Waals surface area contributed by atoms with Gasteiger partial charge in [0.15, 0.2) is 0 Å². The Hall–Kier alpha value is -5.13. The molecule has 0 radical (unpaired) electrons. The van der Waals surface area contributed by atoms with Gasteiger partial charge in [0.05, 0.1) is 25.7 Å². The van der Waals surface area contributed by atoms with Gasteiger partial charge in [-0.3, -0.25) is 43.2 Å². The van der Waals surface area contributed by atoms with Crippen molar-refractivity contribution in [3.63, 3.8) is 0 Å². The highest BCUT2D eigenvalue weighted by Crippen LogP contribution is 2.23. The normalized spacial score (nSPS) is 22.7. The van der Waals surface area contributed by atoms with Crippen LogP contribution in [0.1, 0.15) is 65.4 Å². The van der Waals surface area contributed by atoms with Gasteiger partial charge in [0, 0.05) is 24.3 Å². The molecular formula is C38H60N10O11S2. The third-order valence-electron chi connectivity index (χ3n) is 9.35. The van der Waals surface area contributed by atoms with Crippen LogP contribution in [0, 0.1) is 5.92 Å². The zero-order chi connectivity index (χ0) is 45.6. The maximum absolute atomic E-state index is 13.9. The first-order valence-electron chi connectivity index (χ1n) is 19.9. The zero-order valence-electron chi connectivity index (χ0n) is 34.8. The van der Waals surface area contributed by atoms with E-state index in [1.807, 2.05) is 6.92 Å². The summed E-state index contributed by atoms with van der Waals surface area (Å²) in [5.74, 6) is -7.61. The van der Waals surface area contributed by atoms with Crippen LogP contribution in [0.3, 0.4) is 0 Å². The molecule has 0 aliphatic carbocycles. The monoisotopic (exact) mass is 896 g/mol. The number of carbonyl (C=O) groups is 9. The Bertz CT molecular complexity index is 1690. The largest absolute Gasteiger partial charge is 0.494 e. The number of ether oxygens (including phenoxy) is 1. The van der Waals surface area contributed by atoms with Crippen LogP contribution in [0.15, 0.2) is 24.3 Å². The van der Waals surface area contributed by atoms with Crippen molar-refractivity contribution in [2.45, 2.75) is 109 Å². The van der Waals surface area contributed by atoms with Gasteiger partial charge in [-0.25, -0.2) is 0 Å². The average molecular weight is 897 g/mol. The summed E-state index contributed by atoms with van der Waals surface area (Å²) in [6.07, 6.45) is -1.68. The highest BCUT2D eigenvalue weighted by Gasteiger charge is 2.37. The first-order chi connectivity index (χ1) is 28.9. The summed E-state index contributed by atoms with van der Waals surface area (Å²) in [5, 5.41) is 28.2. The lowest BCUT2D eigenvalue weighted by molar-refractivity contribution is -0.138. The second kappa shape index (κ2) is 26.9. The molecule has 1 saturated heterocycles. The number of hydrogen-bond acceptors (Lipinski definition) is 14. The molecule has 2 rings (SSSR count). The summed E-state index contributed by atoms with van der Waals surface area (Å²) in [6, 6.07) is -1.58. The van der Waals surface area contributed by atoms with Crippen LogP contribution in [0.25, 0.3) is 0 Å². The third kappa shape index (κ3) is 18.6. The molecule has 8 atom stereocenters. The van der Waals surface area contributed by atoms with E-state index >= 15 is 0 Å². The van der Waals surface area contributed by atoms with Crippen molar-refractivity contribution in [1.82, 2.24) is 37.2 Å². The van der Waals surface area contributed by atoms with Crippen molar-refractivity contribution in [3.05, 3.63) is 29.8 Å². The van der Waals surface area contributed by atoms with Crippen LogP contribution in [0.5, 0.6) is 5.75 Å². The van der Waals surface area contributed by atoms with Gasteiger partial charge in [-0.1, -0.05) is 54.0 Å². The van der Waals surface area contributed by atoms with E-state index in [9.17, 15) is 48.3 Å². The van der Waals surface area contributed by atoms with Gasteiger partial charge in [0.2, 0.25) is 53.2 Å². The zero-order valence-corrected chi connectivity index (χ0v) is 36.4. The maximum atomic E-state index is 13.9. The summed E-state index contributed by atoms with van der Waals surface area (Å²) >= 11 is 0. The number of rotatable bonds is 17. The Labute approximate surface area is 362 Å². The molecule has 0 unspecified atom stereocenters. The molecule has 1 heterocycles. The number of hydrogen-bond donors (Lipinski definition) is 11. The molecule has 9 amide bonds. The van der Waals surface area contributed by atoms with Gasteiger partial charge in [0.25, 0.3) is 0 Å². The fourth-order valence-corrected chi connectivity index (χ4v) is 7.96. The fraction of sp³-hybridized carbons (Fsp3) is 0.605. The second-order valence-corrected chi connectivity index (χ2v) is 17.0. The predicted molar refractivity (Wildman–Crippen MR) is 228 cm³/mol. The number of aliphatic hydroxyl groups excluding tert-OH is 1. The van der Waals surface area contributed by atoms with Gasteiger partial charge in [-0.2, -0.15) is 0 Å². The average Bonchev–Trinajstić information content (AvgIpc) is 3.20. The summed E-state index contributed by atoms with van der Waals surface area (Å²) in [7, 11) is 2.23. The van der Waals surface area contributed by atoms with Crippen LogP contribution >= 0.6 is 21.6 Å². The molecule has 1 fully saturated rings. The molecule has 21 nitrogen and oxygen atoms in total. The van der Waals surface area contributed by atoms with Crippen molar-refractivity contribution in [2.24, 2.45) is 23.1 Å². The lowest BCUT2D eigenvalue weighted by atomic mass is 9.96. The smallest absolute Gasteiger partial charge is 0.245 e. The molecule has 61 heavy (non-hydrogen) atoms. The van der Waals surface area contributed by atoms with Gasteiger partial charge < -0.3 is 64.3 Å². The minimum absolute atomic E-state index is 0.0317. The van der Waals surface area contributed by atoms with Crippen LogP contribution in [-0.4, -0.2) is 132 Å². The predicted octanol–water partition coefficient (Wildman–Crippen LogP) is -3.04. The molecule has 0 spiro atoms. The number of carbonyl (C=O) groups excluding carboxylic acids is 9. The standard InChI is InChI=1S/C38H60N10O11S2/c1-5-20(3)31-37(57)48-32(21(4)49)38(58)45-26(17-28(40)50)34(54)46-27(36(56)44-24(8-7-14-39)33(53)42-18-29(41)51)19-61-60-15-13-30(52)43-25(35(55)47-31)16-22-9-11-23(12-10-22)59-6-2/h9-12,20-21,24-27,31-32,49H,5-8,13-19,39H2,1-4H3,(H2,40,50)(H2,41,51)(H,42,53)(H,43,52)(H,44,56)(H,45,58)(H,46,54)(H,47,55)(H,48,57)/t20-,21+,24-,25+,26-,27-,31-,32-/m0/s1. The van der Waals surface area contributed by atoms with Gasteiger partial charge in [-0.05, 0) is 56.8 Å². The minimum Gasteiger partial charge on any atom is -0.494 e. The van der Waals surface area contributed by atoms with E-state index in [2.05, 4.69) is 37.2 Å². The summed E-state index contributed by atoms with van der Waals surface area (Å²) in [6.45, 7) is 6.57. The van der Waals surface area contributed by atoms with Crippen molar-refractivity contribution >= 4 is 74.8 Å². The van der Waals surface area contributed by atoms with E-state index in [-0.39, 0.29) is 43.7 Å². The molecule has 14 N–H and O–H groups in total. The van der Waals surface area contributed by atoms with E-state index in [4.69, 9.17) is 21.9 Å². The first kappa shape index (κ1) is 52.0. The van der Waals surface area contributed by atoms with Crippen molar-refractivity contribution in [1.29, 1.82) is 0 Å². The Balaban J connectivity index is 2.55. The molecule has 1 aromatic rings. The minimum atomic E-state index is -1.72. The third-order valence-corrected chi connectivity index (χ3v) is 11.8. The van der Waals surface area contributed by atoms with Gasteiger partial charge >= 0.3 is 0 Å². The quantitative estimate of drug-likeness (QED) is 0.0694. The summed E-state index contributed by atoms with van der Waals surface area (Å²) in [4.78, 5) is 119. The number of aliphatic hydroxyl groups is 1. The Morgan fingerprint density at radius 3 is 2.08 bits per heavy atom. The highest BCUT2D eigenvalue weighted by atomic mass is 33.1. The number of amides is 9. The SMILES string of the molecule is CCOc1ccc(C[C@H]2NC(=O)CCSSC[C@@H](C(=O)N[C@@H](CCCN)C(=O)NCC(N)=O)NC(=O)[C@H](CC(N)=O)NC(=O)[C@H]([C@@H](C)O)NC(=O)[C@H]([C@@H](C)CC)NC2=O)cc1. The van der Waals surface area contributed by atoms with Crippen LogP contribution in [0.2, 0.25) is 0 Å². The van der Waals surface area contributed by atoms with E-state index in [0.29, 0.717) is 24.3 Å². The Morgan fingerprint density at radius 2 is 1.49 bits per heavy atom. The molecule has 23 heteroatoms. The molecular weight excluding hydrogens is 837 g/mol. The molecule has 340 valence electrons. The number of nitrogens with two attached hydrogens (primary N) is 3. The van der Waals surface area contributed by atoms with Crippen LogP contribution < -0.4 is 59.2 Å². The van der Waals surface area contributed by atoms with Gasteiger partial charge in [-0.15, -0.1) is 0 Å². The van der Waals surface area contributed by atoms with Crippen molar-refractivity contribution in [3.8, 4) is 5.75 Å². The first-order valence-corrected chi connectivity index (χ1v) is 22.4. The maximum Gasteiger partial charge on any atom is 0.245 e. The number of benzene rings is 1. The van der Waals surface area contributed by atoms with E-state index in [1.165, 1.54) is 6.92 Å². The van der Waals surface area contributed by atoms with E-state index in [0.717, 1.165) is 21.6 Å².